The fourth-order valence-electron chi connectivity index (χ4n) is 1.10. The van der Waals surface area contributed by atoms with Gasteiger partial charge in [0.2, 0.25) is 0 Å². The van der Waals surface area contributed by atoms with Gasteiger partial charge in [0.25, 0.3) is 0 Å². The minimum atomic E-state index is 0.429. The third-order valence-corrected chi connectivity index (χ3v) is 1.93. The Bertz CT molecular complexity index is 232. The van der Waals surface area contributed by atoms with Crippen LogP contribution in [0.25, 0.3) is 0 Å². The maximum Gasteiger partial charge on any atom is 0.0593 e. The smallest absolute Gasteiger partial charge is 0.0593 e. The molecule has 0 bridgehead atoms. The molecule has 1 aromatic rings. The summed E-state index contributed by atoms with van der Waals surface area (Å²) >= 11 is 0. The summed E-state index contributed by atoms with van der Waals surface area (Å²) in [5, 5.41) is 4.32. The number of nitrogens with zero attached hydrogens (tertiary/aromatic N) is 2. The van der Waals surface area contributed by atoms with Gasteiger partial charge in [0, 0.05) is 19.9 Å². The van der Waals surface area contributed by atoms with Gasteiger partial charge >= 0.3 is 0 Å². The fraction of sp³-hybridized carbons (Fsp3) is 0.667. The van der Waals surface area contributed by atoms with E-state index in [0.29, 0.717) is 6.04 Å². The number of aryl methyl sites for hydroxylation is 1. The van der Waals surface area contributed by atoms with Crippen LogP contribution in [0.4, 0.5) is 0 Å². The Morgan fingerprint density at radius 1 is 1.67 bits per heavy atom. The topological polar surface area (TPSA) is 27.1 Å². The number of aromatic nitrogens is 2. The molecule has 0 saturated heterocycles. The largest absolute Gasteiger partial charge is 0.385 e. The van der Waals surface area contributed by atoms with Crippen LogP contribution in [0.3, 0.4) is 0 Å². The standard InChI is InChI=1S/C9H16N2O/c1-8-4-6-11(10-8)9(2)5-7-12-3/h4,6,9H,5,7H2,1-3H3. The Morgan fingerprint density at radius 2 is 2.42 bits per heavy atom. The molecule has 12 heavy (non-hydrogen) atoms. The molecular formula is C9H16N2O. The average Bonchev–Trinajstić information content (AvgIpc) is 2.47. The zero-order valence-electron chi connectivity index (χ0n) is 7.95. The SMILES string of the molecule is COCCC(C)n1ccc(C)n1. The molecule has 0 aliphatic heterocycles. The summed E-state index contributed by atoms with van der Waals surface area (Å²) in [6.45, 7) is 4.94. The second kappa shape index (κ2) is 4.26. The monoisotopic (exact) mass is 168 g/mol. The summed E-state index contributed by atoms with van der Waals surface area (Å²) in [6, 6.07) is 2.45. The van der Waals surface area contributed by atoms with Gasteiger partial charge in [-0.05, 0) is 26.3 Å². The minimum Gasteiger partial charge on any atom is -0.385 e. The first-order chi connectivity index (χ1) is 5.74. The Kier molecular flexibility index (Phi) is 3.29. The average molecular weight is 168 g/mol. The van der Waals surface area contributed by atoms with Crippen LogP contribution in [-0.2, 0) is 4.74 Å². The molecule has 0 spiro atoms. The Hall–Kier alpha value is -0.830. The Morgan fingerprint density at radius 3 is 2.92 bits per heavy atom. The van der Waals surface area contributed by atoms with Gasteiger partial charge in [0.1, 0.15) is 0 Å². The van der Waals surface area contributed by atoms with Crippen molar-refractivity contribution >= 4 is 0 Å². The first-order valence-electron chi connectivity index (χ1n) is 4.24. The van der Waals surface area contributed by atoms with E-state index in [9.17, 15) is 0 Å². The molecule has 0 aliphatic carbocycles. The summed E-state index contributed by atoms with van der Waals surface area (Å²) in [6.07, 6.45) is 3.02. The molecule has 1 rings (SSSR count). The molecule has 0 aliphatic rings. The van der Waals surface area contributed by atoms with Crippen molar-refractivity contribution in [1.82, 2.24) is 9.78 Å². The molecule has 0 saturated carbocycles. The van der Waals surface area contributed by atoms with E-state index in [1.54, 1.807) is 7.11 Å². The van der Waals surface area contributed by atoms with Gasteiger partial charge in [-0.1, -0.05) is 0 Å². The number of methoxy groups -OCH3 is 1. The highest BCUT2D eigenvalue weighted by Gasteiger charge is 2.03. The normalized spacial score (nSPS) is 13.2. The molecule has 68 valence electrons. The van der Waals surface area contributed by atoms with Gasteiger partial charge in [-0.25, -0.2) is 0 Å². The first kappa shape index (κ1) is 9.26. The van der Waals surface area contributed by atoms with E-state index < -0.39 is 0 Å². The predicted octanol–water partition coefficient (Wildman–Crippen LogP) is 1.79. The van der Waals surface area contributed by atoms with Crippen LogP contribution in [0.1, 0.15) is 25.1 Å². The maximum absolute atomic E-state index is 5.00. The van der Waals surface area contributed by atoms with E-state index in [1.165, 1.54) is 0 Å². The van der Waals surface area contributed by atoms with E-state index >= 15 is 0 Å². The van der Waals surface area contributed by atoms with Gasteiger partial charge in [-0.2, -0.15) is 5.10 Å². The highest BCUT2D eigenvalue weighted by atomic mass is 16.5. The van der Waals surface area contributed by atoms with Crippen molar-refractivity contribution in [2.24, 2.45) is 0 Å². The van der Waals surface area contributed by atoms with Crippen LogP contribution >= 0.6 is 0 Å². The molecule has 1 atom stereocenters. The summed E-state index contributed by atoms with van der Waals surface area (Å²) in [4.78, 5) is 0. The van der Waals surface area contributed by atoms with Crippen LogP contribution in [0.5, 0.6) is 0 Å². The number of rotatable bonds is 4. The van der Waals surface area contributed by atoms with Gasteiger partial charge in [0.05, 0.1) is 11.7 Å². The fourth-order valence-corrected chi connectivity index (χ4v) is 1.10. The van der Waals surface area contributed by atoms with Crippen molar-refractivity contribution in [3.05, 3.63) is 18.0 Å². The van der Waals surface area contributed by atoms with E-state index in [1.807, 2.05) is 23.9 Å². The minimum absolute atomic E-state index is 0.429. The van der Waals surface area contributed by atoms with Gasteiger partial charge in [-0.15, -0.1) is 0 Å². The van der Waals surface area contributed by atoms with E-state index in [0.717, 1.165) is 18.7 Å². The summed E-state index contributed by atoms with van der Waals surface area (Å²) < 4.78 is 6.98. The van der Waals surface area contributed by atoms with Gasteiger partial charge in [0.15, 0.2) is 0 Å². The van der Waals surface area contributed by atoms with Crippen LogP contribution in [-0.4, -0.2) is 23.5 Å². The van der Waals surface area contributed by atoms with E-state index in [-0.39, 0.29) is 0 Å². The summed E-state index contributed by atoms with van der Waals surface area (Å²) in [5.74, 6) is 0. The molecule has 0 fully saturated rings. The zero-order chi connectivity index (χ0) is 8.97. The van der Waals surface area contributed by atoms with Crippen molar-refractivity contribution in [3.8, 4) is 0 Å². The van der Waals surface area contributed by atoms with Crippen molar-refractivity contribution in [3.63, 3.8) is 0 Å². The quantitative estimate of drug-likeness (QED) is 0.685. The lowest BCUT2D eigenvalue weighted by molar-refractivity contribution is 0.178. The Labute approximate surface area is 73.3 Å². The van der Waals surface area contributed by atoms with Crippen molar-refractivity contribution in [2.75, 3.05) is 13.7 Å². The lowest BCUT2D eigenvalue weighted by atomic mass is 10.2. The van der Waals surface area contributed by atoms with Gasteiger partial charge in [-0.3, -0.25) is 4.68 Å². The second-order valence-electron chi connectivity index (χ2n) is 3.07. The lowest BCUT2D eigenvalue weighted by Crippen LogP contribution is -2.08. The third-order valence-electron chi connectivity index (χ3n) is 1.93. The van der Waals surface area contributed by atoms with Crippen molar-refractivity contribution < 1.29 is 4.74 Å². The molecule has 0 N–H and O–H groups in total. The molecule has 0 amide bonds. The molecule has 1 unspecified atom stereocenters. The Balaban J connectivity index is 2.47. The van der Waals surface area contributed by atoms with Crippen LogP contribution in [0.15, 0.2) is 12.3 Å². The second-order valence-corrected chi connectivity index (χ2v) is 3.07. The van der Waals surface area contributed by atoms with Crippen molar-refractivity contribution in [2.45, 2.75) is 26.3 Å². The molecule has 3 heteroatoms. The summed E-state index contributed by atoms with van der Waals surface area (Å²) in [7, 11) is 1.72. The van der Waals surface area contributed by atoms with Crippen LogP contribution in [0, 0.1) is 6.92 Å². The molecule has 1 aromatic heterocycles. The van der Waals surface area contributed by atoms with Gasteiger partial charge < -0.3 is 4.74 Å². The number of hydrogen-bond acceptors (Lipinski definition) is 2. The first-order valence-corrected chi connectivity index (χ1v) is 4.24. The van der Waals surface area contributed by atoms with Crippen LogP contribution < -0.4 is 0 Å². The maximum atomic E-state index is 5.00. The van der Waals surface area contributed by atoms with E-state index in [2.05, 4.69) is 12.0 Å². The third kappa shape index (κ3) is 2.34. The zero-order valence-corrected chi connectivity index (χ0v) is 7.95. The molecule has 0 aromatic carbocycles. The van der Waals surface area contributed by atoms with Crippen LogP contribution in [0.2, 0.25) is 0 Å². The summed E-state index contributed by atoms with van der Waals surface area (Å²) in [5.41, 5.74) is 1.07. The van der Waals surface area contributed by atoms with E-state index in [4.69, 9.17) is 4.74 Å². The predicted molar refractivity (Wildman–Crippen MR) is 48.2 cm³/mol. The molecule has 1 heterocycles. The molecule has 3 nitrogen and oxygen atoms in total. The number of hydrogen-bond donors (Lipinski definition) is 0. The number of ether oxygens (including phenoxy) is 1. The highest BCUT2D eigenvalue weighted by molar-refractivity contribution is 4.95. The highest BCUT2D eigenvalue weighted by Crippen LogP contribution is 2.09. The molecular weight excluding hydrogens is 152 g/mol. The molecule has 0 radical (unpaired) electrons. The van der Waals surface area contributed by atoms with Crippen molar-refractivity contribution in [1.29, 1.82) is 0 Å². The lowest BCUT2D eigenvalue weighted by Gasteiger charge is -2.10.